The summed E-state index contributed by atoms with van der Waals surface area (Å²) in [6.07, 6.45) is 0. The molecule has 0 heterocycles. The number of anilines is 1. The minimum absolute atomic E-state index is 0.129. The molecule has 3 rings (SSSR count). The zero-order valence-electron chi connectivity index (χ0n) is 17.6. The van der Waals surface area contributed by atoms with Gasteiger partial charge in [0.25, 0.3) is 0 Å². The first kappa shape index (κ1) is 22.4. The van der Waals surface area contributed by atoms with Gasteiger partial charge in [0.05, 0.1) is 12.8 Å². The van der Waals surface area contributed by atoms with Gasteiger partial charge in [-0.25, -0.2) is 0 Å². The molecule has 0 aliphatic heterocycles. The molecule has 3 aromatic rings. The van der Waals surface area contributed by atoms with E-state index in [-0.39, 0.29) is 5.69 Å². The quantitative estimate of drug-likeness (QED) is 0.313. The standard InChI is InChI=1S/C23H24FN3O3S/c1-4-27(16-18-8-6-5-7-9-18)19-10-12-21(17(2)14-19)25-26-22-15-20(31(24,28)29)11-13-23(22)30-3/h5-15H,4,16H2,1-3H3. The Bertz CT molecular complexity index is 1180. The number of halogens is 1. The Morgan fingerprint density at radius 1 is 0.968 bits per heavy atom. The van der Waals surface area contributed by atoms with E-state index in [0.717, 1.165) is 36.5 Å². The summed E-state index contributed by atoms with van der Waals surface area (Å²) in [7, 11) is -3.43. The minimum atomic E-state index is -4.85. The monoisotopic (exact) mass is 441 g/mol. The molecule has 0 fully saturated rings. The number of azo groups is 1. The number of methoxy groups -OCH3 is 1. The highest BCUT2D eigenvalue weighted by atomic mass is 32.3. The van der Waals surface area contributed by atoms with E-state index in [1.54, 1.807) is 0 Å². The molecule has 0 unspecified atom stereocenters. The van der Waals surface area contributed by atoms with Gasteiger partial charge in [0.1, 0.15) is 16.3 Å². The molecular formula is C23H24FN3O3S. The number of nitrogens with zero attached hydrogens (tertiary/aromatic N) is 3. The molecule has 0 atom stereocenters. The van der Waals surface area contributed by atoms with Crippen LogP contribution in [0.25, 0.3) is 0 Å². The van der Waals surface area contributed by atoms with E-state index in [1.807, 2.05) is 43.3 Å². The Balaban J connectivity index is 1.86. The van der Waals surface area contributed by atoms with Crippen molar-refractivity contribution in [1.29, 1.82) is 0 Å². The lowest BCUT2D eigenvalue weighted by Crippen LogP contribution is -2.21. The molecule has 6 nitrogen and oxygen atoms in total. The van der Waals surface area contributed by atoms with Crippen molar-refractivity contribution in [2.75, 3.05) is 18.6 Å². The molecule has 162 valence electrons. The number of rotatable bonds is 8. The molecule has 8 heteroatoms. The van der Waals surface area contributed by atoms with Crippen molar-refractivity contribution in [1.82, 2.24) is 0 Å². The van der Waals surface area contributed by atoms with Gasteiger partial charge in [0.2, 0.25) is 0 Å². The number of hydrogen-bond acceptors (Lipinski definition) is 6. The van der Waals surface area contributed by atoms with Crippen molar-refractivity contribution in [2.24, 2.45) is 10.2 Å². The molecule has 0 aromatic heterocycles. The van der Waals surface area contributed by atoms with Gasteiger partial charge in [0.15, 0.2) is 0 Å². The van der Waals surface area contributed by atoms with Gasteiger partial charge in [-0.05, 0) is 61.4 Å². The molecule has 0 radical (unpaired) electrons. The second-order valence-electron chi connectivity index (χ2n) is 6.94. The fourth-order valence-corrected chi connectivity index (χ4v) is 3.63. The zero-order valence-corrected chi connectivity index (χ0v) is 18.4. The largest absolute Gasteiger partial charge is 0.494 e. The van der Waals surface area contributed by atoms with Crippen LogP contribution in [0.15, 0.2) is 81.9 Å². The highest BCUT2D eigenvalue weighted by Gasteiger charge is 2.15. The maximum Gasteiger partial charge on any atom is 0.332 e. The molecular weight excluding hydrogens is 417 g/mol. The van der Waals surface area contributed by atoms with Crippen molar-refractivity contribution in [2.45, 2.75) is 25.3 Å². The number of aryl methyl sites for hydroxylation is 1. The van der Waals surface area contributed by atoms with Gasteiger partial charge in [0, 0.05) is 18.8 Å². The van der Waals surface area contributed by atoms with Gasteiger partial charge in [-0.3, -0.25) is 0 Å². The number of benzene rings is 3. The molecule has 31 heavy (non-hydrogen) atoms. The highest BCUT2D eigenvalue weighted by Crippen LogP contribution is 2.33. The van der Waals surface area contributed by atoms with Crippen molar-refractivity contribution in [3.8, 4) is 5.75 Å². The van der Waals surface area contributed by atoms with Crippen LogP contribution in [0.5, 0.6) is 5.75 Å². The summed E-state index contributed by atoms with van der Waals surface area (Å²) in [6, 6.07) is 19.6. The SMILES string of the molecule is CCN(Cc1ccccc1)c1ccc(N=Nc2cc(S(=O)(=O)F)ccc2OC)c(C)c1. The van der Waals surface area contributed by atoms with Crippen LogP contribution in [0.3, 0.4) is 0 Å². The summed E-state index contributed by atoms with van der Waals surface area (Å²) in [5, 5.41) is 8.33. The Morgan fingerprint density at radius 3 is 2.29 bits per heavy atom. The topological polar surface area (TPSA) is 71.3 Å². The summed E-state index contributed by atoms with van der Waals surface area (Å²) in [5.41, 5.74) is 3.94. The van der Waals surface area contributed by atoms with E-state index < -0.39 is 15.1 Å². The van der Waals surface area contributed by atoms with E-state index in [2.05, 4.69) is 34.2 Å². The maximum atomic E-state index is 13.3. The first-order valence-corrected chi connectivity index (χ1v) is 11.1. The Hall–Kier alpha value is -3.26. The van der Waals surface area contributed by atoms with Crippen molar-refractivity contribution < 1.29 is 17.0 Å². The van der Waals surface area contributed by atoms with Crippen LogP contribution < -0.4 is 9.64 Å². The van der Waals surface area contributed by atoms with Crippen LogP contribution >= 0.6 is 0 Å². The van der Waals surface area contributed by atoms with Crippen LogP contribution in [0.1, 0.15) is 18.1 Å². The first-order chi connectivity index (χ1) is 14.8. The van der Waals surface area contributed by atoms with Gasteiger partial charge < -0.3 is 9.64 Å². The third-order valence-electron chi connectivity index (χ3n) is 4.84. The van der Waals surface area contributed by atoms with E-state index in [0.29, 0.717) is 11.4 Å². The minimum Gasteiger partial charge on any atom is -0.494 e. The molecule has 0 amide bonds. The van der Waals surface area contributed by atoms with Crippen molar-refractivity contribution >= 4 is 27.3 Å². The molecule has 0 aliphatic rings. The van der Waals surface area contributed by atoms with E-state index in [1.165, 1.54) is 18.7 Å². The Labute approximate surface area is 182 Å². The summed E-state index contributed by atoms with van der Waals surface area (Å²) < 4.78 is 40.9. The second kappa shape index (κ2) is 9.70. The van der Waals surface area contributed by atoms with Crippen LogP contribution in [-0.2, 0) is 16.8 Å². The van der Waals surface area contributed by atoms with Crippen molar-refractivity contribution in [3.63, 3.8) is 0 Å². The maximum absolute atomic E-state index is 13.3. The molecule has 0 bridgehead atoms. The fraction of sp³-hybridized carbons (Fsp3) is 0.217. The van der Waals surface area contributed by atoms with Crippen LogP contribution in [0, 0.1) is 6.92 Å². The first-order valence-electron chi connectivity index (χ1n) is 9.75. The second-order valence-corrected chi connectivity index (χ2v) is 8.29. The fourth-order valence-electron chi connectivity index (χ4n) is 3.15. The molecule has 0 N–H and O–H groups in total. The predicted molar refractivity (Wildman–Crippen MR) is 120 cm³/mol. The van der Waals surface area contributed by atoms with Crippen LogP contribution in [0.4, 0.5) is 20.9 Å². The molecule has 0 aliphatic carbocycles. The molecule has 3 aromatic carbocycles. The average Bonchev–Trinajstić information content (AvgIpc) is 2.76. The van der Waals surface area contributed by atoms with Gasteiger partial charge in [-0.2, -0.15) is 13.5 Å². The summed E-state index contributed by atoms with van der Waals surface area (Å²) in [5.74, 6) is 0.297. The zero-order chi connectivity index (χ0) is 22.4. The Morgan fingerprint density at radius 2 is 1.68 bits per heavy atom. The number of hydrogen-bond donors (Lipinski definition) is 0. The van der Waals surface area contributed by atoms with Gasteiger partial charge in [-0.1, -0.05) is 30.3 Å². The van der Waals surface area contributed by atoms with Crippen LogP contribution in [0.2, 0.25) is 0 Å². The normalized spacial score (nSPS) is 11.6. The number of ether oxygens (including phenoxy) is 1. The lowest BCUT2D eigenvalue weighted by Gasteiger charge is -2.24. The van der Waals surface area contributed by atoms with Crippen molar-refractivity contribution in [3.05, 3.63) is 77.9 Å². The summed E-state index contributed by atoms with van der Waals surface area (Å²) >= 11 is 0. The third kappa shape index (κ3) is 5.67. The van der Waals surface area contributed by atoms with Gasteiger partial charge in [-0.15, -0.1) is 9.00 Å². The predicted octanol–water partition coefficient (Wildman–Crippen LogP) is 6.10. The van der Waals surface area contributed by atoms with Crippen LogP contribution in [-0.4, -0.2) is 22.1 Å². The smallest absolute Gasteiger partial charge is 0.332 e. The van der Waals surface area contributed by atoms with Gasteiger partial charge >= 0.3 is 10.2 Å². The average molecular weight is 442 g/mol. The molecule has 0 spiro atoms. The summed E-state index contributed by atoms with van der Waals surface area (Å²) in [4.78, 5) is 1.76. The molecule has 0 saturated heterocycles. The Kier molecular flexibility index (Phi) is 7.02. The van der Waals surface area contributed by atoms with E-state index in [9.17, 15) is 12.3 Å². The molecule has 0 saturated carbocycles. The van der Waals surface area contributed by atoms with E-state index >= 15 is 0 Å². The highest BCUT2D eigenvalue weighted by molar-refractivity contribution is 7.86. The lowest BCUT2D eigenvalue weighted by atomic mass is 10.1. The summed E-state index contributed by atoms with van der Waals surface area (Å²) in [6.45, 7) is 5.66. The van der Waals surface area contributed by atoms with E-state index in [4.69, 9.17) is 4.74 Å². The third-order valence-corrected chi connectivity index (χ3v) is 5.66. The lowest BCUT2D eigenvalue weighted by molar-refractivity contribution is 0.415.